The summed E-state index contributed by atoms with van der Waals surface area (Å²) in [5.41, 5.74) is 6.83. The van der Waals surface area contributed by atoms with Crippen LogP contribution in [0.4, 0.5) is 10.1 Å². The first-order valence-corrected chi connectivity index (χ1v) is 5.69. The van der Waals surface area contributed by atoms with Crippen LogP contribution in [0.1, 0.15) is 15.9 Å². The van der Waals surface area contributed by atoms with E-state index in [-0.39, 0.29) is 11.3 Å². The zero-order valence-electron chi connectivity index (χ0n) is 10.1. The van der Waals surface area contributed by atoms with Gasteiger partial charge in [0.15, 0.2) is 0 Å². The molecule has 0 unspecified atom stereocenters. The molecule has 2 rings (SSSR count). The molecule has 0 bridgehead atoms. The van der Waals surface area contributed by atoms with Gasteiger partial charge in [-0.15, -0.1) is 0 Å². The zero-order valence-corrected chi connectivity index (χ0v) is 10.1. The number of phenolic OH excluding ortho intramolecular Hbond substituents is 1. The Morgan fingerprint density at radius 2 is 1.89 bits per heavy atom. The number of carbonyl (C=O) groups is 1. The van der Waals surface area contributed by atoms with Gasteiger partial charge in [0, 0.05) is 18.3 Å². The lowest BCUT2D eigenvalue weighted by Crippen LogP contribution is -2.13. The third-order valence-corrected chi connectivity index (χ3v) is 2.64. The van der Waals surface area contributed by atoms with Crippen molar-refractivity contribution in [3.05, 3.63) is 59.4 Å². The van der Waals surface area contributed by atoms with Crippen LogP contribution in [-0.4, -0.2) is 11.0 Å². The molecular formula is C14H13FN2O2. The van der Waals surface area contributed by atoms with Crippen molar-refractivity contribution in [2.45, 2.75) is 6.54 Å². The Morgan fingerprint density at radius 3 is 2.47 bits per heavy atom. The highest BCUT2D eigenvalue weighted by Gasteiger charge is 2.12. The van der Waals surface area contributed by atoms with E-state index in [0.29, 0.717) is 12.2 Å². The molecule has 0 fully saturated rings. The van der Waals surface area contributed by atoms with Crippen LogP contribution < -0.4 is 11.1 Å². The van der Waals surface area contributed by atoms with Gasteiger partial charge in [-0.2, -0.15) is 0 Å². The van der Waals surface area contributed by atoms with Crippen LogP contribution in [0.15, 0.2) is 42.5 Å². The van der Waals surface area contributed by atoms with Gasteiger partial charge in [-0.1, -0.05) is 12.1 Å². The number of nitrogens with one attached hydrogen (secondary N) is 1. The van der Waals surface area contributed by atoms with Crippen molar-refractivity contribution in [1.29, 1.82) is 0 Å². The van der Waals surface area contributed by atoms with Crippen molar-refractivity contribution in [2.24, 2.45) is 5.73 Å². The fourth-order valence-corrected chi connectivity index (χ4v) is 1.61. The highest BCUT2D eigenvalue weighted by Crippen LogP contribution is 2.17. The first kappa shape index (κ1) is 13.0. The molecule has 98 valence electrons. The molecule has 1 amide bonds. The van der Waals surface area contributed by atoms with Crippen molar-refractivity contribution in [2.75, 3.05) is 5.32 Å². The third-order valence-electron chi connectivity index (χ3n) is 2.64. The number of nitrogens with two attached hydrogens (primary N) is 1. The highest BCUT2D eigenvalue weighted by atomic mass is 19.1. The normalized spacial score (nSPS) is 10.2. The quantitative estimate of drug-likeness (QED) is 0.792. The van der Waals surface area contributed by atoms with E-state index in [1.807, 2.05) is 0 Å². The molecule has 4 nitrogen and oxygen atoms in total. The van der Waals surface area contributed by atoms with E-state index < -0.39 is 11.7 Å². The molecule has 19 heavy (non-hydrogen) atoms. The van der Waals surface area contributed by atoms with Crippen molar-refractivity contribution in [1.82, 2.24) is 0 Å². The zero-order chi connectivity index (χ0) is 13.8. The summed E-state index contributed by atoms with van der Waals surface area (Å²) in [5.74, 6) is -1.56. The van der Waals surface area contributed by atoms with Crippen LogP contribution in [0.5, 0.6) is 5.75 Å². The SMILES string of the molecule is NCc1ccc(NC(=O)c2ccc(O)cc2F)cc1. The molecule has 5 heteroatoms. The molecule has 0 spiro atoms. The molecule has 0 aliphatic rings. The monoisotopic (exact) mass is 260 g/mol. The first-order valence-electron chi connectivity index (χ1n) is 5.69. The largest absolute Gasteiger partial charge is 0.508 e. The average Bonchev–Trinajstić information content (AvgIpc) is 2.39. The summed E-state index contributed by atoms with van der Waals surface area (Å²) in [7, 11) is 0. The Morgan fingerprint density at radius 1 is 1.21 bits per heavy atom. The van der Waals surface area contributed by atoms with Gasteiger partial charge in [-0.3, -0.25) is 4.79 Å². The summed E-state index contributed by atoms with van der Waals surface area (Å²) in [6, 6.07) is 10.3. The maximum atomic E-state index is 13.5. The molecule has 0 aliphatic carbocycles. The Kier molecular flexibility index (Phi) is 3.77. The summed E-state index contributed by atoms with van der Waals surface area (Å²) in [4.78, 5) is 11.8. The fourth-order valence-electron chi connectivity index (χ4n) is 1.61. The maximum Gasteiger partial charge on any atom is 0.258 e. The van der Waals surface area contributed by atoms with Crippen molar-refractivity contribution in [3.63, 3.8) is 0 Å². The predicted molar refractivity (Wildman–Crippen MR) is 70.4 cm³/mol. The van der Waals surface area contributed by atoms with Gasteiger partial charge >= 0.3 is 0 Å². The number of anilines is 1. The molecule has 4 N–H and O–H groups in total. The van der Waals surface area contributed by atoms with E-state index in [1.54, 1.807) is 24.3 Å². The highest BCUT2D eigenvalue weighted by molar-refractivity contribution is 6.04. The van der Waals surface area contributed by atoms with E-state index >= 15 is 0 Å². The van der Waals surface area contributed by atoms with Crippen LogP contribution >= 0.6 is 0 Å². The number of amides is 1. The van der Waals surface area contributed by atoms with Gasteiger partial charge in [0.1, 0.15) is 11.6 Å². The number of hydrogen-bond acceptors (Lipinski definition) is 3. The van der Waals surface area contributed by atoms with Gasteiger partial charge in [0.05, 0.1) is 5.56 Å². The summed E-state index contributed by atoms with van der Waals surface area (Å²) in [6.45, 7) is 0.417. The molecule has 0 heterocycles. The molecule has 2 aromatic rings. The summed E-state index contributed by atoms with van der Waals surface area (Å²) in [5, 5.41) is 11.7. The van der Waals surface area contributed by atoms with Crippen molar-refractivity contribution < 1.29 is 14.3 Å². The smallest absolute Gasteiger partial charge is 0.258 e. The number of aromatic hydroxyl groups is 1. The van der Waals surface area contributed by atoms with E-state index in [1.165, 1.54) is 12.1 Å². The topological polar surface area (TPSA) is 75.3 Å². The van der Waals surface area contributed by atoms with Crippen LogP contribution in [0, 0.1) is 5.82 Å². The minimum Gasteiger partial charge on any atom is -0.508 e. The average molecular weight is 260 g/mol. The molecule has 0 aromatic heterocycles. The van der Waals surface area contributed by atoms with Gasteiger partial charge in [0.2, 0.25) is 0 Å². The molecule has 0 radical (unpaired) electrons. The second kappa shape index (κ2) is 5.49. The number of benzene rings is 2. The lowest BCUT2D eigenvalue weighted by Gasteiger charge is -2.07. The molecule has 2 aromatic carbocycles. The Bertz CT molecular complexity index is 597. The molecular weight excluding hydrogens is 247 g/mol. The van der Waals surface area contributed by atoms with Gasteiger partial charge < -0.3 is 16.2 Å². The molecule has 0 atom stereocenters. The van der Waals surface area contributed by atoms with Crippen LogP contribution in [-0.2, 0) is 6.54 Å². The lowest BCUT2D eigenvalue weighted by molar-refractivity contribution is 0.102. The summed E-state index contributed by atoms with van der Waals surface area (Å²) >= 11 is 0. The lowest BCUT2D eigenvalue weighted by atomic mass is 10.1. The van der Waals surface area contributed by atoms with Crippen LogP contribution in [0.3, 0.4) is 0 Å². The summed E-state index contributed by atoms with van der Waals surface area (Å²) < 4.78 is 13.5. The fraction of sp³-hybridized carbons (Fsp3) is 0.0714. The Labute approximate surface area is 109 Å². The first-order chi connectivity index (χ1) is 9.10. The minimum atomic E-state index is -0.768. The van der Waals surface area contributed by atoms with Gasteiger partial charge in [0.25, 0.3) is 5.91 Å². The second-order valence-electron chi connectivity index (χ2n) is 4.02. The number of hydrogen-bond donors (Lipinski definition) is 3. The van der Waals surface area contributed by atoms with Crippen LogP contribution in [0.2, 0.25) is 0 Å². The van der Waals surface area contributed by atoms with Gasteiger partial charge in [-0.25, -0.2) is 4.39 Å². The van der Waals surface area contributed by atoms with Crippen molar-refractivity contribution in [3.8, 4) is 5.75 Å². The Hall–Kier alpha value is -2.40. The van der Waals surface area contributed by atoms with Crippen LogP contribution in [0.25, 0.3) is 0 Å². The minimum absolute atomic E-state index is 0.124. The van der Waals surface area contributed by atoms with E-state index in [2.05, 4.69) is 5.32 Å². The third kappa shape index (κ3) is 3.08. The molecule has 0 aliphatic heterocycles. The standard InChI is InChI=1S/C14H13FN2O2/c15-13-7-11(18)5-6-12(13)14(19)17-10-3-1-9(8-16)2-4-10/h1-7,18H,8,16H2,(H,17,19). The number of carbonyl (C=O) groups excluding carboxylic acids is 1. The molecule has 0 saturated carbocycles. The Balaban J connectivity index is 2.15. The van der Waals surface area contributed by atoms with E-state index in [0.717, 1.165) is 11.6 Å². The summed E-state index contributed by atoms with van der Waals surface area (Å²) in [6.07, 6.45) is 0. The molecule has 0 saturated heterocycles. The maximum absolute atomic E-state index is 13.5. The van der Waals surface area contributed by atoms with E-state index in [9.17, 15) is 9.18 Å². The van der Waals surface area contributed by atoms with E-state index in [4.69, 9.17) is 10.8 Å². The number of phenols is 1. The van der Waals surface area contributed by atoms with Gasteiger partial charge in [-0.05, 0) is 29.8 Å². The number of halogens is 1. The van der Waals surface area contributed by atoms with Crippen molar-refractivity contribution >= 4 is 11.6 Å². The number of rotatable bonds is 3. The second-order valence-corrected chi connectivity index (χ2v) is 4.02. The predicted octanol–water partition coefficient (Wildman–Crippen LogP) is 2.24.